The number of aryl methyl sites for hydroxylation is 1. The van der Waals surface area contributed by atoms with Crippen molar-refractivity contribution >= 4 is 11.9 Å². The largest absolute Gasteiger partial charge is 0.405 e. The number of carbonyl (C=O) groups excluding carboxylic acids is 2. The summed E-state index contributed by atoms with van der Waals surface area (Å²) in [7, 11) is 1.67. The molecule has 0 unspecified atom stereocenters. The molecule has 0 saturated carbocycles. The lowest BCUT2D eigenvalue weighted by atomic mass is 10.1. The van der Waals surface area contributed by atoms with E-state index in [1.165, 1.54) is 0 Å². The van der Waals surface area contributed by atoms with Crippen molar-refractivity contribution in [2.24, 2.45) is 0 Å². The molecular weight excluding hydrogens is 299 g/mol. The first-order valence-corrected chi connectivity index (χ1v) is 6.54. The van der Waals surface area contributed by atoms with Gasteiger partial charge in [-0.05, 0) is 19.5 Å². The second kappa shape index (κ2) is 7.79. The van der Waals surface area contributed by atoms with E-state index in [4.69, 9.17) is 0 Å². The van der Waals surface area contributed by atoms with Crippen molar-refractivity contribution in [1.82, 2.24) is 15.5 Å². The summed E-state index contributed by atoms with van der Waals surface area (Å²) in [6, 6.07) is 6.55. The number of benzene rings is 1. The predicted molar refractivity (Wildman–Crippen MR) is 75.1 cm³/mol. The second-order valence-electron chi connectivity index (χ2n) is 5.00. The molecule has 1 rings (SSSR count). The Kier molecular flexibility index (Phi) is 6.36. The zero-order valence-corrected chi connectivity index (χ0v) is 12.3. The molecule has 5 nitrogen and oxygen atoms in total. The molecule has 0 atom stereocenters. The summed E-state index contributed by atoms with van der Waals surface area (Å²) in [4.78, 5) is 24.3. The van der Waals surface area contributed by atoms with Crippen LogP contribution in [-0.4, -0.2) is 43.2 Å². The van der Waals surface area contributed by atoms with Crippen molar-refractivity contribution in [3.63, 3.8) is 0 Å². The Morgan fingerprint density at radius 3 is 2.32 bits per heavy atom. The van der Waals surface area contributed by atoms with Crippen molar-refractivity contribution < 1.29 is 22.8 Å². The maximum atomic E-state index is 11.9. The number of imide groups is 1. The molecule has 0 bridgehead atoms. The molecule has 0 heterocycles. The van der Waals surface area contributed by atoms with Crippen LogP contribution >= 0.6 is 0 Å². The van der Waals surface area contributed by atoms with Gasteiger partial charge in [0, 0.05) is 6.54 Å². The maximum Gasteiger partial charge on any atom is 0.405 e. The highest BCUT2D eigenvalue weighted by molar-refractivity contribution is 5.95. The van der Waals surface area contributed by atoms with Crippen LogP contribution in [-0.2, 0) is 11.3 Å². The first-order valence-electron chi connectivity index (χ1n) is 6.54. The summed E-state index contributed by atoms with van der Waals surface area (Å²) < 4.78 is 35.7. The minimum Gasteiger partial charge on any atom is -0.329 e. The molecule has 0 fully saturated rings. The molecule has 0 aliphatic carbocycles. The fraction of sp³-hybridized carbons (Fsp3) is 0.429. The predicted octanol–water partition coefficient (Wildman–Crippen LogP) is 1.81. The highest BCUT2D eigenvalue weighted by Gasteiger charge is 2.28. The first kappa shape index (κ1) is 18.0. The fourth-order valence-corrected chi connectivity index (χ4v) is 1.70. The third-order valence-electron chi connectivity index (χ3n) is 2.69. The first-order chi connectivity index (χ1) is 10.2. The van der Waals surface area contributed by atoms with E-state index in [9.17, 15) is 22.8 Å². The van der Waals surface area contributed by atoms with Crippen molar-refractivity contribution in [1.29, 1.82) is 0 Å². The Morgan fingerprint density at radius 1 is 1.18 bits per heavy atom. The van der Waals surface area contributed by atoms with E-state index in [2.05, 4.69) is 0 Å². The van der Waals surface area contributed by atoms with Crippen LogP contribution in [0.2, 0.25) is 0 Å². The topological polar surface area (TPSA) is 61.4 Å². The summed E-state index contributed by atoms with van der Waals surface area (Å²) in [6.07, 6.45) is -4.51. The summed E-state index contributed by atoms with van der Waals surface area (Å²) in [5.74, 6) is -0.672. The normalized spacial score (nSPS) is 11.4. The Morgan fingerprint density at radius 2 is 1.77 bits per heavy atom. The van der Waals surface area contributed by atoms with Gasteiger partial charge in [-0.25, -0.2) is 4.79 Å². The van der Waals surface area contributed by atoms with E-state index in [1.807, 2.05) is 36.5 Å². The Balaban J connectivity index is 2.34. The van der Waals surface area contributed by atoms with Gasteiger partial charge in [0.1, 0.15) is 6.54 Å². The number of carbonyl (C=O) groups is 2. The molecule has 1 aromatic carbocycles. The van der Waals surface area contributed by atoms with Crippen molar-refractivity contribution in [3.8, 4) is 0 Å². The van der Waals surface area contributed by atoms with Crippen molar-refractivity contribution in [3.05, 3.63) is 35.4 Å². The number of hydrogen-bond acceptors (Lipinski definition) is 3. The number of urea groups is 1. The molecule has 0 aliphatic rings. The Labute approximate surface area is 126 Å². The molecule has 8 heteroatoms. The van der Waals surface area contributed by atoms with Gasteiger partial charge in [-0.3, -0.25) is 15.0 Å². The minimum absolute atomic E-state index is 0.104. The molecule has 0 radical (unpaired) electrons. The van der Waals surface area contributed by atoms with Crippen LogP contribution in [0.3, 0.4) is 0 Å². The monoisotopic (exact) mass is 317 g/mol. The number of halogens is 3. The van der Waals surface area contributed by atoms with Gasteiger partial charge in [0.05, 0.1) is 6.54 Å². The van der Waals surface area contributed by atoms with Crippen LogP contribution in [0, 0.1) is 6.92 Å². The average molecular weight is 317 g/mol. The number of alkyl halides is 3. The number of rotatable bonds is 5. The quantitative estimate of drug-likeness (QED) is 0.871. The van der Waals surface area contributed by atoms with Crippen LogP contribution in [0.1, 0.15) is 11.1 Å². The van der Waals surface area contributed by atoms with E-state index in [1.54, 1.807) is 17.3 Å². The summed E-state index contributed by atoms with van der Waals surface area (Å²) in [5.41, 5.74) is 2.10. The molecule has 0 aliphatic heterocycles. The SMILES string of the molecule is Cc1ccc(CN(C)CC(=O)NC(=O)NCC(F)(F)F)cc1. The van der Waals surface area contributed by atoms with Gasteiger partial charge in [-0.1, -0.05) is 29.8 Å². The zero-order chi connectivity index (χ0) is 16.8. The molecule has 122 valence electrons. The number of nitrogens with zero attached hydrogens (tertiary/aromatic N) is 1. The fourth-order valence-electron chi connectivity index (χ4n) is 1.70. The maximum absolute atomic E-state index is 11.9. The smallest absolute Gasteiger partial charge is 0.329 e. The molecule has 22 heavy (non-hydrogen) atoms. The average Bonchev–Trinajstić information content (AvgIpc) is 2.38. The number of nitrogens with one attached hydrogen (secondary N) is 2. The molecule has 0 saturated heterocycles. The van der Waals surface area contributed by atoms with Gasteiger partial charge in [-0.2, -0.15) is 13.2 Å². The molecule has 1 aromatic rings. The van der Waals surface area contributed by atoms with E-state index in [0.717, 1.165) is 11.1 Å². The second-order valence-corrected chi connectivity index (χ2v) is 5.00. The van der Waals surface area contributed by atoms with Crippen LogP contribution < -0.4 is 10.6 Å². The van der Waals surface area contributed by atoms with Crippen LogP contribution in [0.15, 0.2) is 24.3 Å². The minimum atomic E-state index is -4.51. The summed E-state index contributed by atoms with van der Waals surface area (Å²) in [6.45, 7) is 0.858. The summed E-state index contributed by atoms with van der Waals surface area (Å²) >= 11 is 0. The molecule has 3 amide bonds. The van der Waals surface area contributed by atoms with E-state index in [-0.39, 0.29) is 6.54 Å². The van der Waals surface area contributed by atoms with Gasteiger partial charge < -0.3 is 5.32 Å². The van der Waals surface area contributed by atoms with E-state index in [0.29, 0.717) is 6.54 Å². The number of hydrogen-bond donors (Lipinski definition) is 2. The number of amides is 3. The molecular formula is C14H18F3N3O2. The van der Waals surface area contributed by atoms with Gasteiger partial charge in [0.15, 0.2) is 0 Å². The van der Waals surface area contributed by atoms with Crippen LogP contribution in [0.5, 0.6) is 0 Å². The van der Waals surface area contributed by atoms with Gasteiger partial charge in [0.25, 0.3) is 0 Å². The van der Waals surface area contributed by atoms with E-state index >= 15 is 0 Å². The number of likely N-dealkylation sites (N-methyl/N-ethyl adjacent to an activating group) is 1. The third kappa shape index (κ3) is 7.63. The standard InChI is InChI=1S/C14H18F3N3O2/c1-10-3-5-11(6-4-10)7-20(2)8-12(21)19-13(22)18-9-14(15,16)17/h3-6H,7-9H2,1-2H3,(H2,18,19,21,22). The van der Waals surface area contributed by atoms with Crippen LogP contribution in [0.4, 0.5) is 18.0 Å². The van der Waals surface area contributed by atoms with Gasteiger partial charge >= 0.3 is 12.2 Å². The van der Waals surface area contributed by atoms with Gasteiger partial charge in [0.2, 0.25) is 5.91 Å². The lowest BCUT2D eigenvalue weighted by Crippen LogP contribution is -2.46. The lowest BCUT2D eigenvalue weighted by Gasteiger charge is -2.16. The Hall–Kier alpha value is -2.09. The highest BCUT2D eigenvalue weighted by Crippen LogP contribution is 2.11. The van der Waals surface area contributed by atoms with Crippen molar-refractivity contribution in [2.75, 3.05) is 20.1 Å². The van der Waals surface area contributed by atoms with E-state index < -0.39 is 24.7 Å². The lowest BCUT2D eigenvalue weighted by molar-refractivity contribution is -0.125. The highest BCUT2D eigenvalue weighted by atomic mass is 19.4. The van der Waals surface area contributed by atoms with Crippen LogP contribution in [0.25, 0.3) is 0 Å². The summed E-state index contributed by atoms with van der Waals surface area (Å²) in [5, 5.41) is 3.42. The Bertz CT molecular complexity index is 515. The van der Waals surface area contributed by atoms with Crippen molar-refractivity contribution in [2.45, 2.75) is 19.6 Å². The molecule has 2 N–H and O–H groups in total. The molecule has 0 spiro atoms. The third-order valence-corrected chi connectivity index (χ3v) is 2.69. The zero-order valence-electron chi connectivity index (χ0n) is 12.3. The van der Waals surface area contributed by atoms with Gasteiger partial charge in [-0.15, -0.1) is 0 Å². The molecule has 0 aromatic heterocycles.